The van der Waals surface area contributed by atoms with Gasteiger partial charge >= 0.3 is 5.97 Å². The van der Waals surface area contributed by atoms with Crippen molar-refractivity contribution in [1.82, 2.24) is 9.97 Å². The van der Waals surface area contributed by atoms with Crippen LogP contribution < -0.4 is 5.56 Å². The number of fused-ring (bicyclic) bond motifs is 1. The molecule has 2 heterocycles. The molecule has 0 saturated heterocycles. The Labute approximate surface area is 135 Å². The first kappa shape index (κ1) is 15.1. The van der Waals surface area contributed by atoms with Crippen molar-refractivity contribution in [1.29, 1.82) is 0 Å². The Bertz CT molecular complexity index is 938. The summed E-state index contributed by atoms with van der Waals surface area (Å²) in [5.41, 5.74) is -0.329. The minimum absolute atomic E-state index is 0.1000. The maximum Gasteiger partial charge on any atom is 0.348 e. The minimum atomic E-state index is -0.925. The number of carbonyl (C=O) groups is 1. The van der Waals surface area contributed by atoms with Crippen LogP contribution in [0.1, 0.15) is 16.1 Å². The number of H-pyrrole nitrogens is 1. The third-order valence-electron chi connectivity index (χ3n) is 3.23. The number of carbonyl (C=O) groups excluding carboxylic acids is 1. The molecule has 1 aromatic carbocycles. The van der Waals surface area contributed by atoms with E-state index in [9.17, 15) is 14.7 Å². The van der Waals surface area contributed by atoms with Gasteiger partial charge in [0.15, 0.2) is 5.56 Å². The smallest absolute Gasteiger partial charge is 0.348 e. The number of hydrogen-bond acceptors (Lipinski definition) is 5. The summed E-state index contributed by atoms with van der Waals surface area (Å²) < 4.78 is 5.04. The molecule has 0 aliphatic heterocycles. The van der Waals surface area contributed by atoms with Crippen LogP contribution in [0.2, 0.25) is 5.02 Å². The second-order valence-corrected chi connectivity index (χ2v) is 5.20. The molecule has 0 amide bonds. The van der Waals surface area contributed by atoms with Crippen LogP contribution in [0.5, 0.6) is 5.75 Å². The number of aromatic amines is 1. The molecule has 6 nitrogen and oxygen atoms in total. The molecule has 0 fully saturated rings. The highest BCUT2D eigenvalue weighted by Gasteiger charge is 2.20. The summed E-state index contributed by atoms with van der Waals surface area (Å²) in [5, 5.41) is 10.9. The lowest BCUT2D eigenvalue weighted by molar-refractivity contribution is 0.0462. The summed E-state index contributed by atoms with van der Waals surface area (Å²) in [6.07, 6.45) is 1.56. The fourth-order valence-electron chi connectivity index (χ4n) is 2.14. The molecule has 0 atom stereocenters. The number of pyridine rings is 2. The van der Waals surface area contributed by atoms with E-state index in [0.717, 1.165) is 0 Å². The fourth-order valence-corrected chi connectivity index (χ4v) is 2.31. The molecule has 0 aliphatic carbocycles. The Morgan fingerprint density at radius 1 is 1.30 bits per heavy atom. The zero-order valence-corrected chi connectivity index (χ0v) is 12.5. The Kier molecular flexibility index (Phi) is 3.99. The molecule has 0 unspecified atom stereocenters. The van der Waals surface area contributed by atoms with Gasteiger partial charge < -0.3 is 14.8 Å². The van der Waals surface area contributed by atoms with Crippen molar-refractivity contribution < 1.29 is 14.6 Å². The van der Waals surface area contributed by atoms with Gasteiger partial charge in [-0.3, -0.25) is 9.78 Å². The SMILES string of the molecule is O=C(OCc1ccccn1)c1c(O)c2ccc(Cl)cc2[nH]c1=O. The molecule has 3 rings (SSSR count). The summed E-state index contributed by atoms with van der Waals surface area (Å²) in [6.45, 7) is -0.1000. The highest BCUT2D eigenvalue weighted by Crippen LogP contribution is 2.27. The zero-order chi connectivity index (χ0) is 16.4. The summed E-state index contributed by atoms with van der Waals surface area (Å²) in [7, 11) is 0. The monoisotopic (exact) mass is 330 g/mol. The number of halogens is 1. The van der Waals surface area contributed by atoms with Gasteiger partial charge in [-0.1, -0.05) is 17.7 Å². The van der Waals surface area contributed by atoms with Crippen LogP contribution in [0, 0.1) is 0 Å². The fraction of sp³-hybridized carbons (Fsp3) is 0.0625. The van der Waals surface area contributed by atoms with Gasteiger partial charge in [0.05, 0.1) is 11.2 Å². The molecule has 0 aliphatic rings. The summed E-state index contributed by atoms with van der Waals surface area (Å²) in [4.78, 5) is 30.7. The molecule has 0 radical (unpaired) electrons. The molecular formula is C16H11ClN2O4. The van der Waals surface area contributed by atoms with E-state index in [0.29, 0.717) is 21.6 Å². The molecule has 7 heteroatoms. The Morgan fingerprint density at radius 3 is 2.87 bits per heavy atom. The molecule has 23 heavy (non-hydrogen) atoms. The first-order valence-electron chi connectivity index (χ1n) is 6.68. The zero-order valence-electron chi connectivity index (χ0n) is 11.7. The van der Waals surface area contributed by atoms with Gasteiger partial charge in [0, 0.05) is 16.6 Å². The lowest BCUT2D eigenvalue weighted by atomic mass is 10.1. The van der Waals surface area contributed by atoms with Crippen molar-refractivity contribution in [3.8, 4) is 5.75 Å². The first-order valence-corrected chi connectivity index (χ1v) is 7.05. The average Bonchev–Trinajstić information content (AvgIpc) is 2.53. The van der Waals surface area contributed by atoms with Crippen molar-refractivity contribution in [2.75, 3.05) is 0 Å². The number of aromatic nitrogens is 2. The predicted molar refractivity (Wildman–Crippen MR) is 84.6 cm³/mol. The van der Waals surface area contributed by atoms with Gasteiger partial charge in [-0.15, -0.1) is 0 Å². The van der Waals surface area contributed by atoms with E-state index in [1.807, 2.05) is 0 Å². The largest absolute Gasteiger partial charge is 0.506 e. The number of hydrogen-bond donors (Lipinski definition) is 2. The quantitative estimate of drug-likeness (QED) is 0.720. The summed E-state index contributed by atoms with van der Waals surface area (Å²) >= 11 is 5.84. The van der Waals surface area contributed by atoms with Crippen LogP contribution in [0.4, 0.5) is 0 Å². The van der Waals surface area contributed by atoms with Crippen LogP contribution in [0.25, 0.3) is 10.9 Å². The Balaban J connectivity index is 1.94. The van der Waals surface area contributed by atoms with Gasteiger partial charge in [-0.25, -0.2) is 4.79 Å². The van der Waals surface area contributed by atoms with Crippen LogP contribution in [0.3, 0.4) is 0 Å². The molecule has 0 saturated carbocycles. The van der Waals surface area contributed by atoms with Gasteiger partial charge in [-0.2, -0.15) is 0 Å². The van der Waals surface area contributed by atoms with Gasteiger partial charge in [0.25, 0.3) is 5.56 Å². The van der Waals surface area contributed by atoms with Crippen molar-refractivity contribution in [3.05, 3.63) is 69.2 Å². The molecule has 0 bridgehead atoms. The summed E-state index contributed by atoms with van der Waals surface area (Å²) in [5.74, 6) is -1.36. The number of nitrogens with zero attached hydrogens (tertiary/aromatic N) is 1. The summed E-state index contributed by atoms with van der Waals surface area (Å²) in [6, 6.07) is 9.71. The number of ether oxygens (including phenoxy) is 1. The van der Waals surface area contributed by atoms with E-state index < -0.39 is 22.8 Å². The number of nitrogens with one attached hydrogen (secondary N) is 1. The van der Waals surface area contributed by atoms with E-state index in [1.54, 1.807) is 30.5 Å². The molecule has 2 N–H and O–H groups in total. The second kappa shape index (κ2) is 6.10. The molecule has 2 aromatic heterocycles. The van der Waals surface area contributed by atoms with Crippen LogP contribution in [-0.4, -0.2) is 21.0 Å². The van der Waals surface area contributed by atoms with E-state index >= 15 is 0 Å². The van der Waals surface area contributed by atoms with Gasteiger partial charge in [0.1, 0.15) is 12.4 Å². The van der Waals surface area contributed by atoms with E-state index in [2.05, 4.69) is 9.97 Å². The third kappa shape index (κ3) is 3.02. The highest BCUT2D eigenvalue weighted by atomic mass is 35.5. The number of esters is 1. The third-order valence-corrected chi connectivity index (χ3v) is 3.47. The molecule has 0 spiro atoms. The van der Waals surface area contributed by atoms with Crippen LogP contribution in [0.15, 0.2) is 47.4 Å². The standard InChI is InChI=1S/C16H11ClN2O4/c17-9-4-5-11-12(7-9)19-15(21)13(14(11)20)16(22)23-8-10-3-1-2-6-18-10/h1-7H,8H2,(H2,19,20,21). The topological polar surface area (TPSA) is 92.3 Å². The van der Waals surface area contributed by atoms with Crippen LogP contribution >= 0.6 is 11.6 Å². The number of benzene rings is 1. The lowest BCUT2D eigenvalue weighted by Crippen LogP contribution is -2.20. The first-order chi connectivity index (χ1) is 11.1. The normalized spacial score (nSPS) is 10.7. The second-order valence-electron chi connectivity index (χ2n) is 4.76. The maximum atomic E-state index is 12.1. The van der Waals surface area contributed by atoms with Crippen LogP contribution in [-0.2, 0) is 11.3 Å². The van der Waals surface area contributed by atoms with E-state index in [-0.39, 0.29) is 6.61 Å². The number of rotatable bonds is 3. The average molecular weight is 331 g/mol. The lowest BCUT2D eigenvalue weighted by Gasteiger charge is -2.08. The molecule has 3 aromatic rings. The minimum Gasteiger partial charge on any atom is -0.506 e. The van der Waals surface area contributed by atoms with Crippen molar-refractivity contribution in [2.45, 2.75) is 6.61 Å². The predicted octanol–water partition coefficient (Wildman–Crippen LogP) is 2.64. The highest BCUT2D eigenvalue weighted by molar-refractivity contribution is 6.31. The molecule has 116 valence electrons. The Morgan fingerprint density at radius 2 is 2.13 bits per heavy atom. The van der Waals surface area contributed by atoms with E-state index in [1.165, 1.54) is 12.1 Å². The van der Waals surface area contributed by atoms with Gasteiger partial charge in [0.2, 0.25) is 0 Å². The molecular weight excluding hydrogens is 320 g/mol. The van der Waals surface area contributed by atoms with Crippen molar-refractivity contribution in [3.63, 3.8) is 0 Å². The number of aromatic hydroxyl groups is 1. The Hall–Kier alpha value is -2.86. The maximum absolute atomic E-state index is 12.1. The van der Waals surface area contributed by atoms with Gasteiger partial charge in [-0.05, 0) is 30.3 Å². The van der Waals surface area contributed by atoms with Crippen molar-refractivity contribution in [2.24, 2.45) is 0 Å². The van der Waals surface area contributed by atoms with E-state index in [4.69, 9.17) is 16.3 Å². The van der Waals surface area contributed by atoms with Crippen molar-refractivity contribution >= 4 is 28.5 Å².